The number of benzene rings is 2. The Morgan fingerprint density at radius 1 is 1.04 bits per heavy atom. The van der Waals surface area contributed by atoms with Gasteiger partial charge in [-0.2, -0.15) is 0 Å². The van der Waals surface area contributed by atoms with Gasteiger partial charge in [0.1, 0.15) is 23.9 Å². The van der Waals surface area contributed by atoms with Crippen molar-refractivity contribution in [3.63, 3.8) is 0 Å². The Morgan fingerprint density at radius 2 is 1.76 bits per heavy atom. The van der Waals surface area contributed by atoms with Crippen LogP contribution in [0.1, 0.15) is 18.1 Å². The second kappa shape index (κ2) is 8.32. The summed E-state index contributed by atoms with van der Waals surface area (Å²) < 4.78 is 47.9. The molecule has 0 amide bonds. The molecule has 2 aromatic carbocycles. The molecule has 0 fully saturated rings. The summed E-state index contributed by atoms with van der Waals surface area (Å²) in [7, 11) is 1.18. The molecule has 0 N–H and O–H groups in total. The van der Waals surface area contributed by atoms with Gasteiger partial charge in [0.2, 0.25) is 0 Å². The molecular weight excluding hydrogens is 334 g/mol. The molecule has 0 spiro atoms. The third kappa shape index (κ3) is 4.59. The van der Waals surface area contributed by atoms with E-state index in [9.17, 15) is 13.6 Å². The van der Waals surface area contributed by atoms with Gasteiger partial charge < -0.3 is 18.9 Å². The van der Waals surface area contributed by atoms with Crippen LogP contribution in [0.2, 0.25) is 0 Å². The molecule has 0 heterocycles. The minimum atomic E-state index is -0.914. The third-order valence-corrected chi connectivity index (χ3v) is 3.34. The molecular formula is C18H18F2O5. The first-order valence-electron chi connectivity index (χ1n) is 7.55. The predicted molar refractivity (Wildman–Crippen MR) is 86.1 cm³/mol. The highest BCUT2D eigenvalue weighted by molar-refractivity contribution is 5.65. The molecule has 5 nitrogen and oxygen atoms in total. The van der Waals surface area contributed by atoms with Gasteiger partial charge >= 0.3 is 6.16 Å². The number of ether oxygens (including phenoxy) is 4. The third-order valence-electron chi connectivity index (χ3n) is 3.34. The largest absolute Gasteiger partial charge is 0.513 e. The van der Waals surface area contributed by atoms with E-state index in [1.54, 1.807) is 19.1 Å². The normalized spacial score (nSPS) is 10.3. The molecule has 0 saturated carbocycles. The van der Waals surface area contributed by atoms with Crippen LogP contribution >= 0.6 is 0 Å². The minimum Gasteiger partial charge on any atom is -0.493 e. The van der Waals surface area contributed by atoms with Crippen molar-refractivity contribution < 1.29 is 32.5 Å². The highest BCUT2D eigenvalue weighted by Crippen LogP contribution is 2.31. The van der Waals surface area contributed by atoms with Gasteiger partial charge in [-0.1, -0.05) is 6.07 Å². The minimum absolute atomic E-state index is 0.144. The molecule has 0 bridgehead atoms. The van der Waals surface area contributed by atoms with E-state index >= 15 is 0 Å². The first-order valence-corrected chi connectivity index (χ1v) is 7.55. The summed E-state index contributed by atoms with van der Waals surface area (Å²) in [6.07, 6.45) is -0.914. The van der Waals surface area contributed by atoms with Crippen molar-refractivity contribution in [1.29, 1.82) is 0 Å². The molecule has 0 aliphatic carbocycles. The van der Waals surface area contributed by atoms with Gasteiger partial charge in [0, 0.05) is 6.07 Å². The fourth-order valence-electron chi connectivity index (χ4n) is 2.09. The van der Waals surface area contributed by atoms with E-state index in [1.807, 2.05) is 0 Å². The lowest BCUT2D eigenvalue weighted by atomic mass is 10.2. The lowest BCUT2D eigenvalue weighted by molar-refractivity contribution is 0.120. The molecule has 0 unspecified atom stereocenters. The van der Waals surface area contributed by atoms with Gasteiger partial charge in [0.25, 0.3) is 0 Å². The predicted octanol–water partition coefficient (Wildman–Crippen LogP) is 4.40. The van der Waals surface area contributed by atoms with E-state index in [0.29, 0.717) is 17.9 Å². The van der Waals surface area contributed by atoms with Crippen LogP contribution in [0.15, 0.2) is 30.3 Å². The number of carbonyl (C=O) groups excluding carboxylic acids is 1. The monoisotopic (exact) mass is 352 g/mol. The fraction of sp³-hybridized carbons (Fsp3) is 0.278. The van der Waals surface area contributed by atoms with Crippen LogP contribution in [0.4, 0.5) is 13.6 Å². The van der Waals surface area contributed by atoms with Gasteiger partial charge in [0.05, 0.1) is 19.3 Å². The zero-order valence-corrected chi connectivity index (χ0v) is 14.1. The van der Waals surface area contributed by atoms with Crippen molar-refractivity contribution in [2.75, 3.05) is 13.7 Å². The van der Waals surface area contributed by atoms with Crippen LogP contribution in [0, 0.1) is 18.6 Å². The fourth-order valence-corrected chi connectivity index (χ4v) is 2.09. The summed E-state index contributed by atoms with van der Waals surface area (Å²) >= 11 is 0. The smallest absolute Gasteiger partial charge is 0.493 e. The SMILES string of the molecule is CCOc1cccc(OC(=O)OC)c1COc1cc(F)c(C)cc1F. The lowest BCUT2D eigenvalue weighted by Crippen LogP contribution is -2.11. The number of halogens is 2. The second-order valence-corrected chi connectivity index (χ2v) is 5.04. The number of hydrogen-bond acceptors (Lipinski definition) is 5. The van der Waals surface area contributed by atoms with Gasteiger partial charge in [-0.25, -0.2) is 13.6 Å². The Balaban J connectivity index is 2.30. The zero-order chi connectivity index (χ0) is 18.4. The summed E-state index contributed by atoms with van der Waals surface area (Å²) in [6.45, 7) is 3.41. The van der Waals surface area contributed by atoms with E-state index in [0.717, 1.165) is 12.1 Å². The molecule has 25 heavy (non-hydrogen) atoms. The summed E-state index contributed by atoms with van der Waals surface area (Å²) in [6, 6.07) is 6.81. The Labute approximate surface area is 144 Å². The summed E-state index contributed by atoms with van der Waals surface area (Å²) in [5, 5.41) is 0. The van der Waals surface area contributed by atoms with Crippen molar-refractivity contribution in [2.45, 2.75) is 20.5 Å². The molecule has 2 aromatic rings. The van der Waals surface area contributed by atoms with Crippen LogP contribution in [0.25, 0.3) is 0 Å². The molecule has 7 heteroatoms. The van der Waals surface area contributed by atoms with E-state index in [2.05, 4.69) is 4.74 Å². The van der Waals surface area contributed by atoms with E-state index < -0.39 is 17.8 Å². The second-order valence-electron chi connectivity index (χ2n) is 5.04. The van der Waals surface area contributed by atoms with Crippen LogP contribution in [-0.2, 0) is 11.3 Å². The number of aryl methyl sites for hydroxylation is 1. The van der Waals surface area contributed by atoms with Gasteiger partial charge in [-0.15, -0.1) is 0 Å². The Bertz CT molecular complexity index is 761. The molecule has 0 atom stereocenters. The highest BCUT2D eigenvalue weighted by Gasteiger charge is 2.17. The van der Waals surface area contributed by atoms with Crippen LogP contribution in [-0.4, -0.2) is 19.9 Å². The van der Waals surface area contributed by atoms with Gasteiger partial charge in [-0.3, -0.25) is 0 Å². The average molecular weight is 352 g/mol. The van der Waals surface area contributed by atoms with Crippen LogP contribution in [0.5, 0.6) is 17.2 Å². The van der Waals surface area contributed by atoms with Crippen molar-refractivity contribution in [3.05, 3.63) is 53.1 Å². The summed E-state index contributed by atoms with van der Waals surface area (Å²) in [5.41, 5.74) is 0.546. The molecule has 2 rings (SSSR count). The van der Waals surface area contributed by atoms with Crippen LogP contribution < -0.4 is 14.2 Å². The number of hydrogen-bond donors (Lipinski definition) is 0. The Hall–Kier alpha value is -2.83. The van der Waals surface area contributed by atoms with E-state index in [-0.39, 0.29) is 23.7 Å². The highest BCUT2D eigenvalue weighted by atomic mass is 19.1. The molecule has 0 aliphatic heterocycles. The van der Waals surface area contributed by atoms with Gasteiger partial charge in [0.15, 0.2) is 11.6 Å². The summed E-state index contributed by atoms with van der Waals surface area (Å²) in [4.78, 5) is 11.4. The first kappa shape index (κ1) is 18.5. The van der Waals surface area contributed by atoms with Crippen molar-refractivity contribution in [3.8, 4) is 17.2 Å². The maximum atomic E-state index is 13.9. The van der Waals surface area contributed by atoms with E-state index in [4.69, 9.17) is 14.2 Å². The summed E-state index contributed by atoms with van der Waals surface area (Å²) in [5.74, 6) is -0.982. The molecule has 0 aliphatic rings. The molecule has 0 saturated heterocycles. The standard InChI is InChI=1S/C18H18F2O5/c1-4-23-15-6-5-7-16(25-18(21)22-3)12(15)10-24-17-9-13(19)11(2)8-14(17)20/h5-9H,4,10H2,1-3H3. The number of rotatable bonds is 6. The quantitative estimate of drug-likeness (QED) is 0.570. The van der Waals surface area contributed by atoms with Crippen molar-refractivity contribution in [1.82, 2.24) is 0 Å². The maximum absolute atomic E-state index is 13.9. The van der Waals surface area contributed by atoms with Crippen molar-refractivity contribution in [2.24, 2.45) is 0 Å². The zero-order valence-electron chi connectivity index (χ0n) is 14.1. The van der Waals surface area contributed by atoms with Crippen molar-refractivity contribution >= 4 is 6.16 Å². The van der Waals surface area contributed by atoms with Gasteiger partial charge in [-0.05, 0) is 37.6 Å². The Morgan fingerprint density at radius 3 is 2.44 bits per heavy atom. The maximum Gasteiger partial charge on any atom is 0.513 e. The van der Waals surface area contributed by atoms with E-state index in [1.165, 1.54) is 20.1 Å². The topological polar surface area (TPSA) is 54.0 Å². The average Bonchev–Trinajstić information content (AvgIpc) is 2.58. The Kier molecular flexibility index (Phi) is 6.16. The number of carbonyl (C=O) groups is 1. The molecule has 0 aromatic heterocycles. The van der Waals surface area contributed by atoms with Crippen LogP contribution in [0.3, 0.4) is 0 Å². The number of methoxy groups -OCH3 is 1. The first-order chi connectivity index (χ1) is 12.0. The molecule has 0 radical (unpaired) electrons. The lowest BCUT2D eigenvalue weighted by Gasteiger charge is -2.15. The molecule has 134 valence electrons.